The lowest BCUT2D eigenvalue weighted by atomic mass is 10.0. The molecule has 1 saturated heterocycles. The summed E-state index contributed by atoms with van der Waals surface area (Å²) in [4.78, 5) is 4.25. The lowest BCUT2D eigenvalue weighted by Crippen LogP contribution is -2.49. The topological polar surface area (TPSA) is 30.8 Å². The molecule has 0 aromatic heterocycles. The van der Waals surface area contributed by atoms with Crippen LogP contribution >= 0.6 is 11.6 Å². The van der Waals surface area contributed by atoms with Crippen molar-refractivity contribution in [1.29, 1.82) is 0 Å². The maximum absolute atomic E-state index is 14.0. The van der Waals surface area contributed by atoms with E-state index in [0.29, 0.717) is 23.9 Å². The smallest absolute Gasteiger partial charge is 0.263 e. The minimum atomic E-state index is -1.20. The van der Waals surface area contributed by atoms with Crippen molar-refractivity contribution in [1.82, 2.24) is 0 Å². The summed E-state index contributed by atoms with van der Waals surface area (Å²) in [6, 6.07) is 7.11. The third-order valence-electron chi connectivity index (χ3n) is 3.23. The monoisotopic (exact) mass is 269 g/mol. The van der Waals surface area contributed by atoms with E-state index in [1.54, 1.807) is 24.3 Å². The van der Waals surface area contributed by atoms with Gasteiger partial charge < -0.3 is 9.47 Å². The molecule has 0 radical (unpaired) electrons. The molecular weight excluding hydrogens is 257 g/mol. The largest absolute Gasteiger partial charge is 0.440 e. The van der Waals surface area contributed by atoms with Crippen molar-refractivity contribution in [2.45, 2.75) is 24.8 Å². The number of halogens is 2. The number of rotatable bonds is 1. The number of ether oxygens (including phenoxy) is 2. The molecule has 2 aliphatic rings. The molecule has 96 valence electrons. The highest BCUT2D eigenvalue weighted by Gasteiger charge is 2.49. The van der Waals surface area contributed by atoms with Gasteiger partial charge in [-0.05, 0) is 37.1 Å². The van der Waals surface area contributed by atoms with Crippen molar-refractivity contribution in [3.05, 3.63) is 34.9 Å². The Morgan fingerprint density at radius 3 is 2.83 bits per heavy atom. The first-order valence-electron chi connectivity index (χ1n) is 5.97. The van der Waals surface area contributed by atoms with Crippen LogP contribution in [0.2, 0.25) is 5.02 Å². The molecule has 1 fully saturated rings. The van der Waals surface area contributed by atoms with Crippen molar-refractivity contribution in [2.75, 3.05) is 13.2 Å². The summed E-state index contributed by atoms with van der Waals surface area (Å²) in [5.41, 5.74) is 0.789. The molecule has 5 heteroatoms. The standard InChI is InChI=1S/C13H13ClFNO2/c14-10-5-3-9(4-6-10)12-16-8-13(18-12)11(15)2-1-7-17-13/h3-6,11H,1-2,7-8H2. The van der Waals surface area contributed by atoms with Gasteiger partial charge in [-0.2, -0.15) is 0 Å². The molecule has 2 aliphatic heterocycles. The third kappa shape index (κ3) is 1.99. The molecule has 0 saturated carbocycles. The fourth-order valence-electron chi connectivity index (χ4n) is 2.21. The maximum Gasteiger partial charge on any atom is 0.263 e. The molecule has 0 bridgehead atoms. The molecule has 2 unspecified atom stereocenters. The minimum Gasteiger partial charge on any atom is -0.440 e. The van der Waals surface area contributed by atoms with Gasteiger partial charge in [-0.15, -0.1) is 0 Å². The lowest BCUT2D eigenvalue weighted by Gasteiger charge is -2.35. The van der Waals surface area contributed by atoms with E-state index >= 15 is 0 Å². The van der Waals surface area contributed by atoms with Gasteiger partial charge in [0.1, 0.15) is 6.54 Å². The Hall–Kier alpha value is -1.13. The van der Waals surface area contributed by atoms with Crippen LogP contribution in [0, 0.1) is 0 Å². The van der Waals surface area contributed by atoms with Crippen LogP contribution in [-0.2, 0) is 9.47 Å². The van der Waals surface area contributed by atoms with Gasteiger partial charge in [0.25, 0.3) is 5.79 Å². The summed E-state index contributed by atoms with van der Waals surface area (Å²) in [7, 11) is 0. The Morgan fingerprint density at radius 1 is 1.33 bits per heavy atom. The van der Waals surface area contributed by atoms with E-state index in [1.165, 1.54) is 0 Å². The Kier molecular flexibility index (Phi) is 2.99. The molecule has 3 nitrogen and oxygen atoms in total. The molecule has 2 atom stereocenters. The van der Waals surface area contributed by atoms with Gasteiger partial charge in [0.2, 0.25) is 5.90 Å². The van der Waals surface area contributed by atoms with Gasteiger partial charge >= 0.3 is 0 Å². The van der Waals surface area contributed by atoms with Crippen LogP contribution in [0.1, 0.15) is 18.4 Å². The highest BCUT2D eigenvalue weighted by Crippen LogP contribution is 2.34. The van der Waals surface area contributed by atoms with Gasteiger partial charge in [-0.1, -0.05) is 11.6 Å². The Morgan fingerprint density at radius 2 is 2.11 bits per heavy atom. The van der Waals surface area contributed by atoms with Gasteiger partial charge in [-0.25, -0.2) is 9.38 Å². The fraction of sp³-hybridized carbons (Fsp3) is 0.462. The molecule has 0 amide bonds. The number of hydrogen-bond donors (Lipinski definition) is 0. The van der Waals surface area contributed by atoms with E-state index in [1.807, 2.05) is 0 Å². The van der Waals surface area contributed by atoms with E-state index < -0.39 is 12.0 Å². The number of aliphatic imine (C=N–C) groups is 1. The molecule has 1 aromatic carbocycles. The Balaban J connectivity index is 1.79. The first-order valence-corrected chi connectivity index (χ1v) is 6.35. The number of alkyl halides is 1. The first-order chi connectivity index (χ1) is 8.70. The highest BCUT2D eigenvalue weighted by atomic mass is 35.5. The summed E-state index contributed by atoms with van der Waals surface area (Å²) in [5.74, 6) is -0.774. The molecular formula is C13H13ClFNO2. The summed E-state index contributed by atoms with van der Waals surface area (Å²) in [6.07, 6.45) is 0.0613. The lowest BCUT2D eigenvalue weighted by molar-refractivity contribution is -0.232. The molecule has 3 rings (SSSR count). The molecule has 1 aromatic rings. The molecule has 2 heterocycles. The molecule has 0 aliphatic carbocycles. The van der Waals surface area contributed by atoms with Crippen LogP contribution in [0.3, 0.4) is 0 Å². The van der Waals surface area contributed by atoms with Gasteiger partial charge in [-0.3, -0.25) is 0 Å². The predicted octanol–water partition coefficient (Wildman–Crippen LogP) is 2.96. The van der Waals surface area contributed by atoms with Crippen LogP contribution in [0.15, 0.2) is 29.3 Å². The zero-order valence-corrected chi connectivity index (χ0v) is 10.5. The van der Waals surface area contributed by atoms with Crippen LogP contribution in [0.25, 0.3) is 0 Å². The van der Waals surface area contributed by atoms with Crippen LogP contribution in [0.4, 0.5) is 4.39 Å². The second-order valence-corrected chi connectivity index (χ2v) is 4.94. The Bertz CT molecular complexity index is 476. The summed E-state index contributed by atoms with van der Waals surface area (Å²) < 4.78 is 25.1. The second kappa shape index (κ2) is 4.52. The summed E-state index contributed by atoms with van der Waals surface area (Å²) >= 11 is 5.82. The summed E-state index contributed by atoms with van der Waals surface area (Å²) in [5, 5.41) is 0.643. The van der Waals surface area contributed by atoms with Gasteiger partial charge in [0, 0.05) is 10.6 Å². The average Bonchev–Trinajstić information content (AvgIpc) is 2.80. The highest BCUT2D eigenvalue weighted by molar-refractivity contribution is 6.30. The van der Waals surface area contributed by atoms with Crippen molar-refractivity contribution >= 4 is 17.5 Å². The molecule has 1 spiro atoms. The first kappa shape index (κ1) is 11.9. The van der Waals surface area contributed by atoms with Gasteiger partial charge in [0.15, 0.2) is 6.17 Å². The van der Waals surface area contributed by atoms with Crippen LogP contribution in [0.5, 0.6) is 0 Å². The van der Waals surface area contributed by atoms with Crippen molar-refractivity contribution in [2.24, 2.45) is 4.99 Å². The fourth-order valence-corrected chi connectivity index (χ4v) is 2.33. The minimum absolute atomic E-state index is 0.214. The van der Waals surface area contributed by atoms with Crippen molar-refractivity contribution in [3.63, 3.8) is 0 Å². The van der Waals surface area contributed by atoms with Crippen molar-refractivity contribution in [3.8, 4) is 0 Å². The third-order valence-corrected chi connectivity index (χ3v) is 3.48. The van der Waals surface area contributed by atoms with Crippen LogP contribution < -0.4 is 0 Å². The molecule has 18 heavy (non-hydrogen) atoms. The van der Waals surface area contributed by atoms with E-state index in [2.05, 4.69) is 4.99 Å². The van der Waals surface area contributed by atoms with E-state index in [-0.39, 0.29) is 6.54 Å². The zero-order chi connectivity index (χ0) is 12.6. The zero-order valence-electron chi connectivity index (χ0n) is 9.73. The van der Waals surface area contributed by atoms with Gasteiger partial charge in [0.05, 0.1) is 6.61 Å². The van der Waals surface area contributed by atoms with Crippen molar-refractivity contribution < 1.29 is 13.9 Å². The molecule has 0 N–H and O–H groups in total. The maximum atomic E-state index is 14.0. The average molecular weight is 270 g/mol. The van der Waals surface area contributed by atoms with E-state index in [9.17, 15) is 4.39 Å². The number of benzene rings is 1. The second-order valence-electron chi connectivity index (χ2n) is 4.50. The SMILES string of the molecule is FC1CCCOC12CN=C(c1ccc(Cl)cc1)O2. The van der Waals surface area contributed by atoms with Crippen LogP contribution in [-0.4, -0.2) is 31.0 Å². The van der Waals surface area contributed by atoms with E-state index in [4.69, 9.17) is 21.1 Å². The quantitative estimate of drug-likeness (QED) is 0.785. The predicted molar refractivity (Wildman–Crippen MR) is 66.8 cm³/mol. The number of hydrogen-bond acceptors (Lipinski definition) is 3. The van der Waals surface area contributed by atoms with E-state index in [0.717, 1.165) is 12.0 Å². The Labute approximate surface area is 110 Å². The summed E-state index contributed by atoms with van der Waals surface area (Å²) in [6.45, 7) is 0.732. The number of nitrogens with zero attached hydrogens (tertiary/aromatic N) is 1. The normalized spacial score (nSPS) is 31.2.